The van der Waals surface area contributed by atoms with Crippen LogP contribution in [0.2, 0.25) is 0 Å². The molecule has 0 spiro atoms. The van der Waals surface area contributed by atoms with Crippen molar-refractivity contribution in [1.82, 2.24) is 16.0 Å². The number of carbonyl (C=O) groups excluding carboxylic acids is 1. The smallest absolute Gasteiger partial charge is 0.315 e. The van der Waals surface area contributed by atoms with Crippen molar-refractivity contribution in [2.24, 2.45) is 5.41 Å². The molecule has 0 aromatic heterocycles. The molecule has 2 amide bonds. The summed E-state index contributed by atoms with van der Waals surface area (Å²) in [4.78, 5) is 11.9. The third-order valence-electron chi connectivity index (χ3n) is 4.43. The van der Waals surface area contributed by atoms with Gasteiger partial charge in [0.05, 0.1) is 6.61 Å². The molecule has 1 aliphatic carbocycles. The molecule has 0 radical (unpaired) electrons. The second kappa shape index (κ2) is 7.10. The van der Waals surface area contributed by atoms with Gasteiger partial charge in [-0.3, -0.25) is 0 Å². The monoisotopic (exact) mass is 269 g/mol. The molecule has 19 heavy (non-hydrogen) atoms. The number of methoxy groups -OCH3 is 1. The lowest BCUT2D eigenvalue weighted by atomic mass is 9.79. The summed E-state index contributed by atoms with van der Waals surface area (Å²) in [5.41, 5.74) is 0.104. The predicted molar refractivity (Wildman–Crippen MR) is 75.2 cm³/mol. The van der Waals surface area contributed by atoms with Crippen LogP contribution in [0.4, 0.5) is 4.79 Å². The zero-order valence-electron chi connectivity index (χ0n) is 12.0. The van der Waals surface area contributed by atoms with E-state index in [1.54, 1.807) is 7.11 Å². The maximum absolute atomic E-state index is 11.9. The van der Waals surface area contributed by atoms with E-state index in [0.29, 0.717) is 12.6 Å². The molecule has 110 valence electrons. The molecule has 1 saturated heterocycles. The van der Waals surface area contributed by atoms with Gasteiger partial charge < -0.3 is 20.7 Å². The summed E-state index contributed by atoms with van der Waals surface area (Å²) in [6.45, 7) is 3.45. The van der Waals surface area contributed by atoms with Crippen molar-refractivity contribution < 1.29 is 9.53 Å². The van der Waals surface area contributed by atoms with Gasteiger partial charge in [-0.2, -0.15) is 0 Å². The second-order valence-electron chi connectivity index (χ2n) is 5.99. The lowest BCUT2D eigenvalue weighted by molar-refractivity contribution is 0.0554. The van der Waals surface area contributed by atoms with E-state index in [0.717, 1.165) is 45.4 Å². The van der Waals surface area contributed by atoms with Crippen molar-refractivity contribution in [3.63, 3.8) is 0 Å². The highest BCUT2D eigenvalue weighted by atomic mass is 16.5. The van der Waals surface area contributed by atoms with E-state index in [-0.39, 0.29) is 11.4 Å². The minimum Gasteiger partial charge on any atom is -0.384 e. The van der Waals surface area contributed by atoms with Crippen LogP contribution in [0.5, 0.6) is 0 Å². The van der Waals surface area contributed by atoms with E-state index in [1.165, 1.54) is 12.8 Å². The molecule has 0 bridgehead atoms. The first-order valence-electron chi connectivity index (χ1n) is 7.48. The summed E-state index contributed by atoms with van der Waals surface area (Å²) in [7, 11) is 1.74. The van der Waals surface area contributed by atoms with Gasteiger partial charge >= 0.3 is 6.03 Å². The normalized spacial score (nSPS) is 23.2. The number of hydrogen-bond acceptors (Lipinski definition) is 3. The minimum absolute atomic E-state index is 0.0130. The van der Waals surface area contributed by atoms with E-state index in [4.69, 9.17) is 4.74 Å². The highest BCUT2D eigenvalue weighted by Gasteiger charge is 2.32. The van der Waals surface area contributed by atoms with E-state index in [2.05, 4.69) is 16.0 Å². The van der Waals surface area contributed by atoms with E-state index < -0.39 is 0 Å². The van der Waals surface area contributed by atoms with Gasteiger partial charge in [0, 0.05) is 25.1 Å². The van der Waals surface area contributed by atoms with Crippen molar-refractivity contribution in [3.05, 3.63) is 0 Å². The topological polar surface area (TPSA) is 62.4 Å². The van der Waals surface area contributed by atoms with Crippen molar-refractivity contribution in [3.8, 4) is 0 Å². The molecule has 1 aliphatic heterocycles. The fourth-order valence-corrected chi connectivity index (χ4v) is 3.21. The number of piperidine rings is 1. The Labute approximate surface area is 115 Å². The fourth-order valence-electron chi connectivity index (χ4n) is 3.21. The highest BCUT2D eigenvalue weighted by Crippen LogP contribution is 2.28. The van der Waals surface area contributed by atoms with E-state index in [9.17, 15) is 4.79 Å². The summed E-state index contributed by atoms with van der Waals surface area (Å²) < 4.78 is 5.35. The second-order valence-corrected chi connectivity index (χ2v) is 5.99. The van der Waals surface area contributed by atoms with Crippen molar-refractivity contribution in [1.29, 1.82) is 0 Å². The zero-order valence-corrected chi connectivity index (χ0v) is 12.0. The first-order chi connectivity index (χ1) is 9.24. The molecule has 5 heteroatoms. The first kappa shape index (κ1) is 14.6. The zero-order chi connectivity index (χ0) is 13.6. The van der Waals surface area contributed by atoms with Crippen molar-refractivity contribution in [2.75, 3.05) is 33.4 Å². The van der Waals surface area contributed by atoms with Crippen LogP contribution in [0, 0.1) is 5.41 Å². The van der Waals surface area contributed by atoms with Crippen LogP contribution in [0.3, 0.4) is 0 Å². The number of rotatable bonds is 5. The summed E-state index contributed by atoms with van der Waals surface area (Å²) in [6.07, 6.45) is 6.85. The van der Waals surface area contributed by atoms with Crippen LogP contribution >= 0.6 is 0 Å². The molecule has 3 N–H and O–H groups in total. The SMILES string of the molecule is COCC1(CNC(=O)NC2CCCC2)CCNCC1. The molecule has 1 saturated carbocycles. The Kier molecular flexibility index (Phi) is 5.45. The Morgan fingerprint density at radius 1 is 1.32 bits per heavy atom. The van der Waals surface area contributed by atoms with Crippen LogP contribution < -0.4 is 16.0 Å². The van der Waals surface area contributed by atoms with Gasteiger partial charge in [-0.1, -0.05) is 12.8 Å². The predicted octanol–water partition coefficient (Wildman–Crippen LogP) is 1.24. The highest BCUT2D eigenvalue weighted by molar-refractivity contribution is 5.74. The first-order valence-corrected chi connectivity index (χ1v) is 7.48. The number of carbonyl (C=O) groups is 1. The van der Waals surface area contributed by atoms with Gasteiger partial charge in [0.15, 0.2) is 0 Å². The van der Waals surface area contributed by atoms with Gasteiger partial charge in [-0.25, -0.2) is 4.79 Å². The van der Waals surface area contributed by atoms with E-state index in [1.807, 2.05) is 0 Å². The number of amides is 2. The Morgan fingerprint density at radius 2 is 2.00 bits per heavy atom. The summed E-state index contributed by atoms with van der Waals surface area (Å²) in [6, 6.07) is 0.368. The Morgan fingerprint density at radius 3 is 2.63 bits per heavy atom. The lowest BCUT2D eigenvalue weighted by Crippen LogP contribution is -2.50. The molecule has 0 aromatic rings. The third kappa shape index (κ3) is 4.35. The molecule has 1 heterocycles. The average molecular weight is 269 g/mol. The van der Waals surface area contributed by atoms with E-state index >= 15 is 0 Å². The fraction of sp³-hybridized carbons (Fsp3) is 0.929. The summed E-state index contributed by atoms with van der Waals surface area (Å²) in [5, 5.41) is 9.48. The largest absolute Gasteiger partial charge is 0.384 e. The average Bonchev–Trinajstić information content (AvgIpc) is 2.91. The molecule has 2 rings (SSSR count). The maximum atomic E-state index is 11.9. The Hall–Kier alpha value is -0.810. The molecule has 0 atom stereocenters. The number of urea groups is 1. The molecule has 2 aliphatic rings. The minimum atomic E-state index is -0.0130. The van der Waals surface area contributed by atoms with Crippen LogP contribution in [0.15, 0.2) is 0 Å². The number of ether oxygens (including phenoxy) is 1. The quantitative estimate of drug-likeness (QED) is 0.704. The number of hydrogen-bond donors (Lipinski definition) is 3. The van der Waals surface area contributed by atoms with Gasteiger partial charge in [-0.15, -0.1) is 0 Å². The van der Waals surface area contributed by atoms with Gasteiger partial charge in [0.25, 0.3) is 0 Å². The maximum Gasteiger partial charge on any atom is 0.315 e. The van der Waals surface area contributed by atoms with Gasteiger partial charge in [0.2, 0.25) is 0 Å². The van der Waals surface area contributed by atoms with Crippen LogP contribution in [-0.2, 0) is 4.74 Å². The van der Waals surface area contributed by atoms with Crippen LogP contribution in [0.1, 0.15) is 38.5 Å². The van der Waals surface area contributed by atoms with Crippen molar-refractivity contribution >= 4 is 6.03 Å². The van der Waals surface area contributed by atoms with Crippen molar-refractivity contribution in [2.45, 2.75) is 44.6 Å². The third-order valence-corrected chi connectivity index (χ3v) is 4.43. The lowest BCUT2D eigenvalue weighted by Gasteiger charge is -2.37. The molecule has 5 nitrogen and oxygen atoms in total. The molecular weight excluding hydrogens is 242 g/mol. The molecule has 0 unspecified atom stereocenters. The summed E-state index contributed by atoms with van der Waals surface area (Å²) in [5.74, 6) is 0. The molecular formula is C14H27N3O2. The van der Waals surface area contributed by atoms with Crippen LogP contribution in [-0.4, -0.2) is 45.4 Å². The molecule has 0 aromatic carbocycles. The Bertz CT molecular complexity index is 279. The number of nitrogens with one attached hydrogen (secondary N) is 3. The molecule has 2 fully saturated rings. The van der Waals surface area contributed by atoms with Crippen LogP contribution in [0.25, 0.3) is 0 Å². The standard InChI is InChI=1S/C14H27N3O2/c1-19-11-14(6-8-15-9-7-14)10-16-13(18)17-12-4-2-3-5-12/h12,15H,2-11H2,1H3,(H2,16,17,18). The van der Waals surface area contributed by atoms with Gasteiger partial charge in [0.1, 0.15) is 0 Å². The van der Waals surface area contributed by atoms with Gasteiger partial charge in [-0.05, 0) is 38.8 Å². The summed E-state index contributed by atoms with van der Waals surface area (Å²) >= 11 is 0. The Balaban J connectivity index is 1.75.